The fourth-order valence-corrected chi connectivity index (χ4v) is 4.43. The maximum atomic E-state index is 12.6. The largest absolute Gasteiger partial charge is 0.497 e. The smallest absolute Gasteiger partial charge is 0.251 e. The highest BCUT2D eigenvalue weighted by Crippen LogP contribution is 2.20. The van der Waals surface area contributed by atoms with Crippen LogP contribution < -0.4 is 15.6 Å². The Morgan fingerprint density at radius 3 is 2.41 bits per heavy atom. The van der Waals surface area contributed by atoms with Crippen LogP contribution in [0.25, 0.3) is 0 Å². The number of rotatable bonds is 6. The summed E-state index contributed by atoms with van der Waals surface area (Å²) in [4.78, 5) is 24.3. The number of nitrogens with zero attached hydrogens (tertiary/aromatic N) is 2. The molecule has 0 saturated carbocycles. The summed E-state index contributed by atoms with van der Waals surface area (Å²) in [5.74, 6) is 0.224. The Labute approximate surface area is 157 Å². The van der Waals surface area contributed by atoms with Crippen LogP contribution in [-0.4, -0.2) is 43.4 Å². The summed E-state index contributed by atoms with van der Waals surface area (Å²) in [5, 5.41) is 2.67. The highest BCUT2D eigenvalue weighted by atomic mass is 32.2. The Bertz CT molecular complexity index is 977. The van der Waals surface area contributed by atoms with E-state index in [4.69, 9.17) is 4.74 Å². The van der Waals surface area contributed by atoms with E-state index in [0.29, 0.717) is 24.5 Å². The van der Waals surface area contributed by atoms with Crippen molar-refractivity contribution in [1.29, 1.82) is 0 Å². The van der Waals surface area contributed by atoms with Crippen LogP contribution in [-0.2, 0) is 21.4 Å². The van der Waals surface area contributed by atoms with Gasteiger partial charge in [0.2, 0.25) is 15.9 Å². The minimum absolute atomic E-state index is 0.0150. The second-order valence-electron chi connectivity index (χ2n) is 6.22. The van der Waals surface area contributed by atoms with E-state index in [1.807, 2.05) is 0 Å². The van der Waals surface area contributed by atoms with Crippen LogP contribution in [0.5, 0.6) is 5.75 Å². The Kier molecular flexibility index (Phi) is 5.62. The molecule has 0 unspecified atom stereocenters. The van der Waals surface area contributed by atoms with E-state index in [1.165, 1.54) is 22.6 Å². The maximum Gasteiger partial charge on any atom is 0.251 e. The molecular weight excluding hydrogens is 370 g/mol. The second-order valence-corrected chi connectivity index (χ2v) is 8.16. The molecule has 9 heteroatoms. The first kappa shape index (κ1) is 19.1. The van der Waals surface area contributed by atoms with Crippen LogP contribution in [0.1, 0.15) is 12.8 Å². The SMILES string of the molecule is COc1ccc(NC(=O)Cn2cc(S(=O)(=O)N3CCCC3)ccc2=O)cc1. The topological polar surface area (TPSA) is 97.7 Å². The molecule has 1 fully saturated rings. The van der Waals surface area contributed by atoms with Crippen LogP contribution in [0.4, 0.5) is 5.69 Å². The van der Waals surface area contributed by atoms with Crippen LogP contribution in [0.3, 0.4) is 0 Å². The van der Waals surface area contributed by atoms with Gasteiger partial charge >= 0.3 is 0 Å². The second kappa shape index (κ2) is 7.93. The minimum Gasteiger partial charge on any atom is -0.497 e. The van der Waals surface area contributed by atoms with E-state index < -0.39 is 21.5 Å². The van der Waals surface area contributed by atoms with Gasteiger partial charge in [-0.25, -0.2) is 8.42 Å². The maximum absolute atomic E-state index is 12.6. The van der Waals surface area contributed by atoms with Gasteiger partial charge in [0.15, 0.2) is 0 Å². The van der Waals surface area contributed by atoms with Crippen molar-refractivity contribution in [3.8, 4) is 5.75 Å². The fourth-order valence-electron chi connectivity index (χ4n) is 2.89. The molecule has 27 heavy (non-hydrogen) atoms. The number of sulfonamides is 1. The Hall–Kier alpha value is -2.65. The van der Waals surface area contributed by atoms with Gasteiger partial charge in [0, 0.05) is 31.0 Å². The first-order valence-electron chi connectivity index (χ1n) is 8.55. The zero-order valence-corrected chi connectivity index (χ0v) is 15.7. The summed E-state index contributed by atoms with van der Waals surface area (Å²) in [7, 11) is -2.11. The zero-order valence-electron chi connectivity index (χ0n) is 14.9. The molecule has 1 aromatic carbocycles. The molecule has 1 aromatic heterocycles. The van der Waals surface area contributed by atoms with Crippen molar-refractivity contribution < 1.29 is 17.9 Å². The van der Waals surface area contributed by atoms with Crippen molar-refractivity contribution in [3.05, 3.63) is 52.9 Å². The van der Waals surface area contributed by atoms with Crippen molar-refractivity contribution in [2.75, 3.05) is 25.5 Å². The van der Waals surface area contributed by atoms with Gasteiger partial charge in [0.25, 0.3) is 5.56 Å². The lowest BCUT2D eigenvalue weighted by Crippen LogP contribution is -2.31. The number of carbonyl (C=O) groups excluding carboxylic acids is 1. The molecule has 0 radical (unpaired) electrons. The molecule has 1 N–H and O–H groups in total. The lowest BCUT2D eigenvalue weighted by Gasteiger charge is -2.16. The van der Waals surface area contributed by atoms with E-state index in [1.54, 1.807) is 31.4 Å². The van der Waals surface area contributed by atoms with Crippen LogP contribution >= 0.6 is 0 Å². The van der Waals surface area contributed by atoms with Crippen molar-refractivity contribution in [3.63, 3.8) is 0 Å². The summed E-state index contributed by atoms with van der Waals surface area (Å²) >= 11 is 0. The molecule has 2 heterocycles. The number of aromatic nitrogens is 1. The normalized spacial score (nSPS) is 14.9. The molecule has 0 bridgehead atoms. The van der Waals surface area contributed by atoms with Crippen molar-refractivity contribution in [2.24, 2.45) is 0 Å². The number of pyridine rings is 1. The average Bonchev–Trinajstić information content (AvgIpc) is 3.19. The van der Waals surface area contributed by atoms with Gasteiger partial charge in [-0.2, -0.15) is 4.31 Å². The third-order valence-electron chi connectivity index (χ3n) is 4.35. The molecule has 1 aliphatic heterocycles. The lowest BCUT2D eigenvalue weighted by atomic mass is 10.3. The Balaban J connectivity index is 1.76. The summed E-state index contributed by atoms with van der Waals surface area (Å²) in [6.45, 7) is 0.660. The van der Waals surface area contributed by atoms with Gasteiger partial charge < -0.3 is 14.6 Å². The number of amides is 1. The van der Waals surface area contributed by atoms with Gasteiger partial charge in [0.05, 0.1) is 12.0 Å². The Morgan fingerprint density at radius 1 is 1.11 bits per heavy atom. The van der Waals surface area contributed by atoms with E-state index >= 15 is 0 Å². The minimum atomic E-state index is -3.65. The van der Waals surface area contributed by atoms with Gasteiger partial charge in [-0.15, -0.1) is 0 Å². The van der Waals surface area contributed by atoms with Crippen LogP contribution in [0.15, 0.2) is 52.3 Å². The molecule has 1 saturated heterocycles. The molecule has 3 rings (SSSR count). The van der Waals surface area contributed by atoms with Crippen LogP contribution in [0, 0.1) is 0 Å². The van der Waals surface area contributed by atoms with Crippen LogP contribution in [0.2, 0.25) is 0 Å². The van der Waals surface area contributed by atoms with Crippen molar-refractivity contribution in [2.45, 2.75) is 24.3 Å². The van der Waals surface area contributed by atoms with Gasteiger partial charge in [-0.1, -0.05) is 0 Å². The molecule has 8 nitrogen and oxygen atoms in total. The number of carbonyl (C=O) groups is 1. The molecular formula is C18H21N3O5S. The summed E-state index contributed by atoms with van der Waals surface area (Å²) < 4.78 is 32.8. The summed E-state index contributed by atoms with van der Waals surface area (Å²) in [6.07, 6.45) is 2.87. The highest BCUT2D eigenvalue weighted by molar-refractivity contribution is 7.89. The van der Waals surface area contributed by atoms with Gasteiger partial charge in [0.1, 0.15) is 12.3 Å². The standard InChI is InChI=1S/C18H21N3O5S/c1-26-15-6-4-14(5-7-15)19-17(22)13-20-12-16(8-9-18(20)23)27(24,25)21-10-2-3-11-21/h4-9,12H,2-3,10-11,13H2,1H3,(H,19,22). The predicted molar refractivity (Wildman–Crippen MR) is 100 cm³/mol. The quantitative estimate of drug-likeness (QED) is 0.800. The third-order valence-corrected chi connectivity index (χ3v) is 6.23. The summed E-state index contributed by atoms with van der Waals surface area (Å²) in [6, 6.07) is 9.20. The van der Waals surface area contributed by atoms with Gasteiger partial charge in [-0.05, 0) is 43.2 Å². The van der Waals surface area contributed by atoms with Crippen molar-refractivity contribution >= 4 is 21.6 Å². The van der Waals surface area contributed by atoms with E-state index in [2.05, 4.69) is 5.32 Å². The van der Waals surface area contributed by atoms with E-state index in [0.717, 1.165) is 17.4 Å². The van der Waals surface area contributed by atoms with Gasteiger partial charge in [-0.3, -0.25) is 9.59 Å². The van der Waals surface area contributed by atoms with E-state index in [9.17, 15) is 18.0 Å². The Morgan fingerprint density at radius 2 is 1.78 bits per heavy atom. The number of benzene rings is 1. The molecule has 0 aliphatic carbocycles. The molecule has 0 atom stereocenters. The van der Waals surface area contributed by atoms with E-state index in [-0.39, 0.29) is 11.4 Å². The highest BCUT2D eigenvalue weighted by Gasteiger charge is 2.27. The lowest BCUT2D eigenvalue weighted by molar-refractivity contribution is -0.116. The zero-order chi connectivity index (χ0) is 19.4. The first-order chi connectivity index (χ1) is 12.9. The molecule has 2 aromatic rings. The first-order valence-corrected chi connectivity index (χ1v) is 9.99. The third kappa shape index (κ3) is 4.37. The van der Waals surface area contributed by atoms with Crippen molar-refractivity contribution in [1.82, 2.24) is 8.87 Å². The number of ether oxygens (including phenoxy) is 1. The molecule has 1 amide bonds. The summed E-state index contributed by atoms with van der Waals surface area (Å²) in [5.41, 5.74) is 0.106. The molecule has 1 aliphatic rings. The number of nitrogens with one attached hydrogen (secondary N) is 1. The monoisotopic (exact) mass is 391 g/mol. The molecule has 144 valence electrons. The average molecular weight is 391 g/mol. The number of hydrogen-bond donors (Lipinski definition) is 1. The number of anilines is 1. The predicted octanol–water partition coefficient (Wildman–Crippen LogP) is 1.28. The molecule has 0 spiro atoms. The fraction of sp³-hybridized carbons (Fsp3) is 0.333. The number of methoxy groups -OCH3 is 1. The number of hydrogen-bond acceptors (Lipinski definition) is 5.